The number of aliphatic carboxylic acids is 3. The summed E-state index contributed by atoms with van der Waals surface area (Å²) in [6, 6.07) is -5.90. The van der Waals surface area contributed by atoms with E-state index in [1.54, 1.807) is 10.6 Å². The van der Waals surface area contributed by atoms with E-state index in [1.165, 1.54) is 30.5 Å². The van der Waals surface area contributed by atoms with E-state index in [0.717, 1.165) is 0 Å². The standard InChI is InChI=1S/C48H67N15O24S/c49-48-62-40-35(47(87)63-48)56-21(14-53-40)13-52-20-5-3-19(4-6-20)41(81)51-7-1-2-27(68)60-33(38(79)36(77)25(66)17-64)45(85)59-24(12-32(75)76)44(84)61-34(39(80)37(78)26(67)18-65)46(86)58-23(11-31(73)74)43(83)55-16-29(70)57-22(10-30(71)72)42(82)54-15-28(69)50-8-9-88/h3-6,14,22-26,33-34,36-39,52,64-67,77-80,88H,1-2,7-13,15-18H2,(H,50,69)(H,51,81)(H,54,82)(H,55,83)(H,57,70)(H,58,86)(H,59,85)(H,60,68)(H,61,84)(H,71,72)(H,73,74)(H,75,76)(H3,49,53,62,63,87)/t22-,23-,24-,25+,26+,33-,34-,36+,37+,38+,39+/m0/s1. The maximum absolute atomic E-state index is 13.9. The number of thiol groups is 1. The van der Waals surface area contributed by atoms with Gasteiger partial charge in [-0.05, 0) is 30.7 Å². The summed E-state index contributed by atoms with van der Waals surface area (Å²) in [5.41, 5.74) is 5.98. The number of nitrogens with two attached hydrogens (primary N) is 1. The van der Waals surface area contributed by atoms with E-state index in [-0.39, 0.29) is 54.5 Å². The molecule has 3 rings (SSSR count). The first-order valence-electron chi connectivity index (χ1n) is 26.0. The fraction of sp³-hybridized carbons (Fsp3) is 0.500. The van der Waals surface area contributed by atoms with Crippen LogP contribution in [-0.2, 0) is 59.3 Å². The summed E-state index contributed by atoms with van der Waals surface area (Å²) < 4.78 is 0. The highest BCUT2D eigenvalue weighted by Crippen LogP contribution is 2.14. The number of nitrogen functional groups attached to an aromatic ring is 1. The summed E-state index contributed by atoms with van der Waals surface area (Å²) >= 11 is 3.90. The fourth-order valence-electron chi connectivity index (χ4n) is 7.48. The normalized spacial score (nSPS) is 14.8. The van der Waals surface area contributed by atoms with Crippen LogP contribution in [0.3, 0.4) is 0 Å². The summed E-state index contributed by atoms with van der Waals surface area (Å²) in [7, 11) is 0. The van der Waals surface area contributed by atoms with Crippen molar-refractivity contribution in [3.8, 4) is 0 Å². The second kappa shape index (κ2) is 36.0. The van der Waals surface area contributed by atoms with Gasteiger partial charge in [0.25, 0.3) is 11.5 Å². The molecule has 0 unspecified atom stereocenters. The Kier molecular flexibility index (Phi) is 29.8. The lowest BCUT2D eigenvalue weighted by Gasteiger charge is -2.32. The van der Waals surface area contributed by atoms with Gasteiger partial charge >= 0.3 is 17.9 Å². The first-order valence-corrected chi connectivity index (χ1v) is 26.7. The van der Waals surface area contributed by atoms with E-state index in [4.69, 9.17) is 5.73 Å². The average Bonchev–Trinajstić information content (AvgIpc) is 3.33. The monoisotopic (exact) mass is 1270 g/mol. The summed E-state index contributed by atoms with van der Waals surface area (Å²) in [5, 5.41) is 132. The second-order valence-electron chi connectivity index (χ2n) is 18.8. The van der Waals surface area contributed by atoms with Gasteiger partial charge in [0, 0.05) is 36.5 Å². The Hall–Kier alpha value is -9.29. The minimum absolute atomic E-state index is 0.0402. The summed E-state index contributed by atoms with van der Waals surface area (Å²) in [4.78, 5) is 180. The van der Waals surface area contributed by atoms with Crippen LogP contribution in [0.15, 0.2) is 35.3 Å². The van der Waals surface area contributed by atoms with Crippen LogP contribution in [0.5, 0.6) is 0 Å². The molecule has 40 heteroatoms. The highest BCUT2D eigenvalue weighted by atomic mass is 32.1. The Morgan fingerprint density at radius 3 is 1.58 bits per heavy atom. The van der Waals surface area contributed by atoms with Crippen molar-refractivity contribution < 1.29 is 114 Å². The Morgan fingerprint density at radius 2 is 1.07 bits per heavy atom. The number of aromatic nitrogens is 4. The summed E-state index contributed by atoms with van der Waals surface area (Å²) in [5.74, 6) is -17.1. The fourth-order valence-corrected chi connectivity index (χ4v) is 7.59. The molecule has 0 aliphatic heterocycles. The van der Waals surface area contributed by atoms with Crippen LogP contribution in [0.25, 0.3) is 11.2 Å². The third kappa shape index (κ3) is 23.9. The molecule has 24 N–H and O–H groups in total. The molecule has 1 aromatic carbocycles. The molecule has 0 saturated carbocycles. The number of anilines is 2. The van der Waals surface area contributed by atoms with Gasteiger partial charge in [0.2, 0.25) is 53.2 Å². The van der Waals surface area contributed by atoms with Crippen LogP contribution in [-0.4, -0.2) is 259 Å². The van der Waals surface area contributed by atoms with Crippen LogP contribution < -0.4 is 64.5 Å². The third-order valence-electron chi connectivity index (χ3n) is 12.0. The number of hydrogen-bond acceptors (Lipinski definition) is 27. The van der Waals surface area contributed by atoms with Crippen LogP contribution in [0.1, 0.15) is 48.2 Å². The summed E-state index contributed by atoms with van der Waals surface area (Å²) in [6.07, 6.45) is -18.3. The second-order valence-corrected chi connectivity index (χ2v) is 19.3. The summed E-state index contributed by atoms with van der Waals surface area (Å²) in [6.45, 7) is -4.42. The first-order chi connectivity index (χ1) is 41.5. The molecule has 11 atom stereocenters. The van der Waals surface area contributed by atoms with Crippen LogP contribution in [0, 0.1) is 0 Å². The number of hydrogen-bond donors (Lipinski definition) is 24. The molecule has 9 amide bonds. The Morgan fingerprint density at radius 1 is 0.568 bits per heavy atom. The molecule has 0 radical (unpaired) electrons. The van der Waals surface area contributed by atoms with Gasteiger partial charge in [0.05, 0.1) is 64.0 Å². The number of amides is 9. The van der Waals surface area contributed by atoms with Crippen molar-refractivity contribution in [2.75, 3.05) is 56.2 Å². The van der Waals surface area contributed by atoms with E-state index in [1.807, 2.05) is 21.3 Å². The molecule has 0 saturated heterocycles. The van der Waals surface area contributed by atoms with Crippen LogP contribution in [0.2, 0.25) is 0 Å². The van der Waals surface area contributed by atoms with E-state index in [9.17, 15) is 119 Å². The first kappa shape index (κ1) is 73.0. The Labute approximate surface area is 500 Å². The predicted octanol–water partition coefficient (Wildman–Crippen LogP) is -11.3. The number of carboxylic acids is 3. The minimum Gasteiger partial charge on any atom is -0.481 e. The highest BCUT2D eigenvalue weighted by Gasteiger charge is 2.42. The average molecular weight is 1270 g/mol. The highest BCUT2D eigenvalue weighted by molar-refractivity contribution is 7.80. The van der Waals surface area contributed by atoms with Crippen molar-refractivity contribution in [2.24, 2.45) is 0 Å². The molecular formula is C48H67N15O24S. The number of aliphatic hydroxyl groups excluding tert-OH is 8. The number of carbonyl (C=O) groups is 12. The number of benzene rings is 1. The number of carboxylic acid groups (broad SMARTS) is 3. The minimum atomic E-state index is -2.80. The number of rotatable bonds is 38. The molecule has 0 spiro atoms. The van der Waals surface area contributed by atoms with E-state index in [2.05, 4.69) is 53.8 Å². The molecule has 484 valence electrons. The van der Waals surface area contributed by atoms with Gasteiger partial charge in [0.15, 0.2) is 11.2 Å². The van der Waals surface area contributed by atoms with Gasteiger partial charge < -0.3 is 115 Å². The molecule has 2 heterocycles. The maximum atomic E-state index is 13.9. The molecule has 0 bridgehead atoms. The van der Waals surface area contributed by atoms with Crippen molar-refractivity contribution >= 4 is 107 Å². The number of aromatic amines is 1. The largest absolute Gasteiger partial charge is 0.481 e. The van der Waals surface area contributed by atoms with Crippen LogP contribution >= 0.6 is 12.6 Å². The zero-order valence-electron chi connectivity index (χ0n) is 46.0. The van der Waals surface area contributed by atoms with Gasteiger partial charge in [-0.1, -0.05) is 0 Å². The lowest BCUT2D eigenvalue weighted by molar-refractivity contribution is -0.146. The number of aliphatic hydroxyl groups is 8. The van der Waals surface area contributed by atoms with Crippen molar-refractivity contribution in [3.05, 3.63) is 52.1 Å². The predicted molar refractivity (Wildman–Crippen MR) is 297 cm³/mol. The van der Waals surface area contributed by atoms with Gasteiger partial charge in [0.1, 0.15) is 66.8 Å². The molecule has 2 aromatic heterocycles. The molecule has 0 fully saturated rings. The topological polar surface area (TPSA) is 645 Å². The zero-order valence-corrected chi connectivity index (χ0v) is 46.9. The van der Waals surface area contributed by atoms with Crippen molar-refractivity contribution in [2.45, 2.75) is 105 Å². The quantitative estimate of drug-likeness (QED) is 0.0187. The lowest BCUT2D eigenvalue weighted by Crippen LogP contribution is -2.65. The van der Waals surface area contributed by atoms with E-state index < -0.39 is 195 Å². The zero-order chi connectivity index (χ0) is 65.9. The molecular weight excluding hydrogens is 1200 g/mol. The van der Waals surface area contributed by atoms with Crippen molar-refractivity contribution in [1.29, 1.82) is 0 Å². The number of nitrogens with zero attached hydrogens (tertiary/aromatic N) is 3. The van der Waals surface area contributed by atoms with Crippen molar-refractivity contribution in [3.63, 3.8) is 0 Å². The molecule has 0 aliphatic carbocycles. The maximum Gasteiger partial charge on any atom is 0.305 e. The van der Waals surface area contributed by atoms with Crippen LogP contribution in [0.4, 0.5) is 11.6 Å². The number of nitrogens with one attached hydrogen (secondary N) is 11. The Balaban J connectivity index is 1.76. The van der Waals surface area contributed by atoms with E-state index in [0.29, 0.717) is 11.4 Å². The van der Waals surface area contributed by atoms with Gasteiger partial charge in [-0.15, -0.1) is 0 Å². The number of H-pyrrole nitrogens is 1. The Bertz CT molecular complexity index is 3030. The number of fused-ring (bicyclic) bond motifs is 1. The molecule has 39 nitrogen and oxygen atoms in total. The molecule has 0 aliphatic rings. The SMILES string of the molecule is Nc1nc2ncc(CNc3ccc(C(=O)NCCCC(=O)N[C@H](C(=O)N[C@@H](CC(=O)O)C(=O)N[C@H](C(=O)N[C@@H](CC(=O)O)C(=O)NCC(=O)N[C@@H](CC(=O)O)C(=O)NCC(=O)NCCS)[C@@H](O)[C@H](O)[C@H](O)CO)[C@@H](O)[C@H](O)[C@H](O)CO)cc3)nc2c(=O)[nH]1. The number of carbonyl (C=O) groups excluding carboxylic acids is 9. The smallest absolute Gasteiger partial charge is 0.305 e. The van der Waals surface area contributed by atoms with Gasteiger partial charge in [-0.25, -0.2) is 9.97 Å². The van der Waals surface area contributed by atoms with Gasteiger partial charge in [-0.2, -0.15) is 17.6 Å². The molecule has 3 aromatic rings. The van der Waals surface area contributed by atoms with Gasteiger partial charge in [-0.3, -0.25) is 67.3 Å². The lowest BCUT2D eigenvalue weighted by atomic mass is 9.98. The van der Waals surface area contributed by atoms with Crippen molar-refractivity contribution in [1.82, 2.24) is 67.8 Å². The molecule has 88 heavy (non-hydrogen) atoms. The third-order valence-corrected chi connectivity index (χ3v) is 12.3. The van der Waals surface area contributed by atoms with E-state index >= 15 is 0 Å².